The average molecular weight is 484 g/mol. The fraction of sp³-hybridized carbons (Fsp3) is 0.375. The molecule has 0 spiro atoms. The SMILES string of the molecule is C[C@]1(c2cccc(Br)c2)NC(=O)N(CC(=O)N2CCC(Cc3ccccc3)CC2)C1=O. The van der Waals surface area contributed by atoms with Crippen LogP contribution < -0.4 is 5.32 Å². The molecule has 2 fully saturated rings. The van der Waals surface area contributed by atoms with Gasteiger partial charge in [0.1, 0.15) is 12.1 Å². The van der Waals surface area contributed by atoms with Gasteiger partial charge in [-0.1, -0.05) is 58.4 Å². The van der Waals surface area contributed by atoms with Gasteiger partial charge in [0.05, 0.1) is 0 Å². The number of halogens is 1. The summed E-state index contributed by atoms with van der Waals surface area (Å²) in [6.07, 6.45) is 2.87. The van der Waals surface area contributed by atoms with Gasteiger partial charge in [-0.15, -0.1) is 0 Å². The summed E-state index contributed by atoms with van der Waals surface area (Å²) >= 11 is 3.40. The topological polar surface area (TPSA) is 69.7 Å². The normalized spacial score (nSPS) is 22.0. The molecule has 0 radical (unpaired) electrons. The van der Waals surface area contributed by atoms with Crippen LogP contribution >= 0.6 is 15.9 Å². The Hall–Kier alpha value is -2.67. The number of nitrogens with one attached hydrogen (secondary N) is 1. The van der Waals surface area contributed by atoms with Crippen molar-refractivity contribution in [2.24, 2.45) is 5.92 Å². The molecule has 4 rings (SSSR count). The molecule has 2 saturated heterocycles. The number of rotatable bonds is 5. The lowest BCUT2D eigenvalue weighted by Crippen LogP contribution is -2.46. The lowest BCUT2D eigenvalue weighted by Gasteiger charge is -2.33. The van der Waals surface area contributed by atoms with Gasteiger partial charge in [-0.3, -0.25) is 14.5 Å². The maximum atomic E-state index is 13.1. The van der Waals surface area contributed by atoms with Crippen molar-refractivity contribution in [2.75, 3.05) is 19.6 Å². The highest BCUT2D eigenvalue weighted by Crippen LogP contribution is 2.30. The van der Waals surface area contributed by atoms with Crippen molar-refractivity contribution >= 4 is 33.8 Å². The first-order valence-electron chi connectivity index (χ1n) is 10.6. The zero-order chi connectivity index (χ0) is 22.0. The fourth-order valence-electron chi connectivity index (χ4n) is 4.40. The zero-order valence-electron chi connectivity index (χ0n) is 17.5. The van der Waals surface area contributed by atoms with Crippen LogP contribution in [0.25, 0.3) is 0 Å². The summed E-state index contributed by atoms with van der Waals surface area (Å²) in [5, 5.41) is 2.76. The molecule has 0 bridgehead atoms. The highest BCUT2D eigenvalue weighted by molar-refractivity contribution is 9.10. The van der Waals surface area contributed by atoms with Crippen molar-refractivity contribution in [3.05, 3.63) is 70.2 Å². The zero-order valence-corrected chi connectivity index (χ0v) is 19.1. The van der Waals surface area contributed by atoms with Gasteiger partial charge >= 0.3 is 6.03 Å². The quantitative estimate of drug-likeness (QED) is 0.659. The van der Waals surface area contributed by atoms with E-state index in [-0.39, 0.29) is 12.5 Å². The Morgan fingerprint density at radius 3 is 2.48 bits per heavy atom. The molecule has 2 aromatic rings. The summed E-state index contributed by atoms with van der Waals surface area (Å²) < 4.78 is 0.821. The Labute approximate surface area is 190 Å². The second-order valence-corrected chi connectivity index (χ2v) is 9.39. The number of hydrogen-bond donors (Lipinski definition) is 1. The van der Waals surface area contributed by atoms with Crippen LogP contribution in [0.4, 0.5) is 4.79 Å². The molecule has 0 aromatic heterocycles. The molecular formula is C24H26BrN3O3. The maximum absolute atomic E-state index is 13.1. The Morgan fingerprint density at radius 2 is 1.81 bits per heavy atom. The molecule has 0 unspecified atom stereocenters. The number of benzene rings is 2. The van der Waals surface area contributed by atoms with Gasteiger partial charge in [0.15, 0.2) is 0 Å². The van der Waals surface area contributed by atoms with E-state index >= 15 is 0 Å². The molecule has 1 atom stereocenters. The van der Waals surface area contributed by atoms with Crippen LogP contribution in [0.2, 0.25) is 0 Å². The molecule has 2 aromatic carbocycles. The third-order valence-corrected chi connectivity index (χ3v) is 6.80. The average Bonchev–Trinajstić information content (AvgIpc) is 2.99. The van der Waals surface area contributed by atoms with E-state index in [2.05, 4.69) is 33.4 Å². The van der Waals surface area contributed by atoms with E-state index < -0.39 is 17.5 Å². The Balaban J connectivity index is 1.35. The lowest BCUT2D eigenvalue weighted by atomic mass is 9.90. The second kappa shape index (κ2) is 8.83. The largest absolute Gasteiger partial charge is 0.341 e. The summed E-state index contributed by atoms with van der Waals surface area (Å²) in [6.45, 7) is 2.76. The van der Waals surface area contributed by atoms with E-state index in [9.17, 15) is 14.4 Å². The summed E-state index contributed by atoms with van der Waals surface area (Å²) in [6, 6.07) is 17.1. The molecule has 6 nitrogen and oxygen atoms in total. The number of carbonyl (C=O) groups excluding carboxylic acids is 3. The molecule has 162 valence electrons. The van der Waals surface area contributed by atoms with E-state index in [1.807, 2.05) is 30.3 Å². The van der Waals surface area contributed by atoms with Gasteiger partial charge in [-0.2, -0.15) is 0 Å². The predicted molar refractivity (Wildman–Crippen MR) is 121 cm³/mol. The molecule has 7 heteroatoms. The van der Waals surface area contributed by atoms with Crippen molar-refractivity contribution in [1.82, 2.24) is 15.1 Å². The van der Waals surface area contributed by atoms with Crippen LogP contribution in [0.3, 0.4) is 0 Å². The molecule has 2 heterocycles. The molecule has 0 aliphatic carbocycles. The smallest absolute Gasteiger partial charge is 0.325 e. The van der Waals surface area contributed by atoms with E-state index in [1.165, 1.54) is 5.56 Å². The number of imide groups is 1. The van der Waals surface area contributed by atoms with Crippen LogP contribution in [0.5, 0.6) is 0 Å². The first-order valence-corrected chi connectivity index (χ1v) is 11.4. The van der Waals surface area contributed by atoms with Crippen molar-refractivity contribution in [3.8, 4) is 0 Å². The van der Waals surface area contributed by atoms with Crippen molar-refractivity contribution < 1.29 is 14.4 Å². The highest BCUT2D eigenvalue weighted by atomic mass is 79.9. The number of piperidine rings is 1. The Kier molecular flexibility index (Phi) is 6.14. The van der Waals surface area contributed by atoms with Gasteiger partial charge in [0.2, 0.25) is 5.91 Å². The summed E-state index contributed by atoms with van der Waals surface area (Å²) in [5.41, 5.74) is 0.819. The standard InChI is InChI=1S/C24H26BrN3O3/c1-24(19-8-5-9-20(25)15-19)22(30)28(23(31)26-24)16-21(29)27-12-10-18(11-13-27)14-17-6-3-2-4-7-17/h2-9,15,18H,10-14,16H2,1H3,(H,26,31)/t24-/m1/s1. The van der Waals surface area contributed by atoms with Gasteiger partial charge in [0, 0.05) is 17.6 Å². The summed E-state index contributed by atoms with van der Waals surface area (Å²) in [7, 11) is 0. The molecule has 2 aliphatic heterocycles. The van der Waals surface area contributed by atoms with E-state index in [0.717, 1.165) is 28.6 Å². The van der Waals surface area contributed by atoms with E-state index in [0.29, 0.717) is 24.6 Å². The number of urea groups is 1. The number of amides is 4. The Morgan fingerprint density at radius 1 is 1.10 bits per heavy atom. The lowest BCUT2D eigenvalue weighted by molar-refractivity contribution is -0.139. The molecule has 0 saturated carbocycles. The number of hydrogen-bond acceptors (Lipinski definition) is 3. The number of nitrogens with zero attached hydrogens (tertiary/aromatic N) is 2. The summed E-state index contributed by atoms with van der Waals surface area (Å²) in [4.78, 5) is 41.3. The van der Waals surface area contributed by atoms with Crippen molar-refractivity contribution in [1.29, 1.82) is 0 Å². The number of carbonyl (C=O) groups is 3. The third-order valence-electron chi connectivity index (χ3n) is 6.30. The molecule has 31 heavy (non-hydrogen) atoms. The molecule has 1 N–H and O–H groups in total. The minimum absolute atomic E-state index is 0.180. The molecule has 2 aliphatic rings. The highest BCUT2D eigenvalue weighted by Gasteiger charge is 2.49. The van der Waals surface area contributed by atoms with Gasteiger partial charge in [0.25, 0.3) is 5.91 Å². The van der Waals surface area contributed by atoms with Crippen molar-refractivity contribution in [3.63, 3.8) is 0 Å². The van der Waals surface area contributed by atoms with Crippen LogP contribution in [-0.2, 0) is 21.5 Å². The number of likely N-dealkylation sites (tertiary alicyclic amines) is 1. The van der Waals surface area contributed by atoms with Gasteiger partial charge in [-0.25, -0.2) is 4.79 Å². The van der Waals surface area contributed by atoms with Gasteiger partial charge < -0.3 is 10.2 Å². The van der Waals surface area contributed by atoms with Crippen LogP contribution in [0.1, 0.15) is 30.9 Å². The van der Waals surface area contributed by atoms with Crippen LogP contribution in [0.15, 0.2) is 59.1 Å². The van der Waals surface area contributed by atoms with Crippen molar-refractivity contribution in [2.45, 2.75) is 31.7 Å². The van der Waals surface area contributed by atoms with Crippen LogP contribution in [0, 0.1) is 5.92 Å². The molecule has 4 amide bonds. The first kappa shape index (κ1) is 21.6. The Bertz CT molecular complexity index is 989. The van der Waals surface area contributed by atoms with Gasteiger partial charge in [-0.05, 0) is 55.4 Å². The van der Waals surface area contributed by atoms with E-state index in [1.54, 1.807) is 24.0 Å². The summed E-state index contributed by atoms with van der Waals surface area (Å²) in [5.74, 6) is -0.0361. The third kappa shape index (κ3) is 4.51. The monoisotopic (exact) mass is 483 g/mol. The molecular weight excluding hydrogens is 458 g/mol. The predicted octanol–water partition coefficient (Wildman–Crippen LogP) is 3.70. The van der Waals surface area contributed by atoms with Crippen LogP contribution in [-0.4, -0.2) is 47.3 Å². The maximum Gasteiger partial charge on any atom is 0.325 e. The second-order valence-electron chi connectivity index (χ2n) is 8.47. The first-order chi connectivity index (χ1) is 14.9. The fourth-order valence-corrected chi connectivity index (χ4v) is 4.80. The van der Waals surface area contributed by atoms with E-state index in [4.69, 9.17) is 0 Å². The minimum Gasteiger partial charge on any atom is -0.341 e. The minimum atomic E-state index is -1.18.